The summed E-state index contributed by atoms with van der Waals surface area (Å²) in [6.45, 7) is 7.34. The van der Waals surface area contributed by atoms with Gasteiger partial charge in [-0.15, -0.1) is 16.4 Å². The van der Waals surface area contributed by atoms with E-state index in [4.69, 9.17) is 4.74 Å². The lowest BCUT2D eigenvalue weighted by molar-refractivity contribution is 0.317. The van der Waals surface area contributed by atoms with Gasteiger partial charge in [-0.25, -0.2) is 0 Å². The molecule has 0 bridgehead atoms. The Bertz CT molecular complexity index is 750. The van der Waals surface area contributed by atoms with Gasteiger partial charge in [-0.05, 0) is 54.4 Å². The number of rotatable bonds is 5. The summed E-state index contributed by atoms with van der Waals surface area (Å²) in [6, 6.07) is 3.50. The third-order valence-corrected chi connectivity index (χ3v) is 4.58. The molecule has 7 heteroatoms. The van der Waals surface area contributed by atoms with Gasteiger partial charge in [-0.3, -0.25) is 0 Å². The largest absolute Gasteiger partial charge is 0.503 e. The number of thiazole rings is 1. The van der Waals surface area contributed by atoms with Gasteiger partial charge < -0.3 is 14.4 Å². The summed E-state index contributed by atoms with van der Waals surface area (Å²) in [5, 5.41) is 20.3. The van der Waals surface area contributed by atoms with Crippen molar-refractivity contribution in [3.05, 3.63) is 38.0 Å². The summed E-state index contributed by atoms with van der Waals surface area (Å²) in [5.41, 5.74) is 1.97. The van der Waals surface area contributed by atoms with E-state index in [1.165, 1.54) is 5.69 Å². The molecule has 0 fully saturated rings. The van der Waals surface area contributed by atoms with E-state index >= 15 is 0 Å². The van der Waals surface area contributed by atoms with Crippen LogP contribution in [0.3, 0.4) is 0 Å². The summed E-state index contributed by atoms with van der Waals surface area (Å²) < 4.78 is 8.05. The zero-order chi connectivity index (χ0) is 16.1. The summed E-state index contributed by atoms with van der Waals surface area (Å²) in [6.07, 6.45) is 1.64. The summed E-state index contributed by atoms with van der Waals surface area (Å²) >= 11 is 4.87. The van der Waals surface area contributed by atoms with E-state index in [1.807, 2.05) is 13.8 Å². The number of aromatic nitrogens is 1. The van der Waals surface area contributed by atoms with Crippen molar-refractivity contribution in [3.8, 4) is 11.5 Å². The number of hydrogen-bond acceptors (Lipinski definition) is 5. The van der Waals surface area contributed by atoms with Crippen LogP contribution < -0.4 is 9.54 Å². The number of benzene rings is 1. The van der Waals surface area contributed by atoms with Crippen LogP contribution in [0.15, 0.2) is 32.2 Å². The van der Waals surface area contributed by atoms with Crippen LogP contribution in [0.25, 0.3) is 0 Å². The molecule has 0 spiro atoms. The Labute approximate surface area is 141 Å². The predicted octanol–water partition coefficient (Wildman–Crippen LogP) is 3.68. The molecule has 0 aliphatic rings. The van der Waals surface area contributed by atoms with Gasteiger partial charge in [0.05, 0.1) is 17.3 Å². The van der Waals surface area contributed by atoms with E-state index in [9.17, 15) is 5.11 Å². The second-order valence-corrected chi connectivity index (χ2v) is 6.22. The molecular formula is C15H18BrN3O2S. The fraction of sp³-hybridized carbons (Fsp3) is 0.333. The Kier molecular flexibility index (Phi) is 5.79. The molecule has 2 aromatic rings. The molecule has 0 amide bonds. The Hall–Kier alpha value is -1.60. The van der Waals surface area contributed by atoms with Crippen LogP contribution in [0.1, 0.15) is 25.1 Å². The van der Waals surface area contributed by atoms with Crippen LogP contribution in [-0.2, 0) is 6.54 Å². The molecule has 0 aliphatic carbocycles. The van der Waals surface area contributed by atoms with Gasteiger partial charge >= 0.3 is 0 Å². The van der Waals surface area contributed by atoms with E-state index in [0.29, 0.717) is 16.8 Å². The van der Waals surface area contributed by atoms with Crippen molar-refractivity contribution in [1.82, 2.24) is 4.57 Å². The van der Waals surface area contributed by atoms with E-state index in [0.717, 1.165) is 16.9 Å². The van der Waals surface area contributed by atoms with Gasteiger partial charge in [0.1, 0.15) is 0 Å². The molecule has 1 aromatic carbocycles. The summed E-state index contributed by atoms with van der Waals surface area (Å²) in [7, 11) is 0. The molecule has 0 saturated heterocycles. The molecule has 0 aliphatic heterocycles. The number of hydrogen-bond donors (Lipinski definition) is 1. The van der Waals surface area contributed by atoms with Gasteiger partial charge in [-0.2, -0.15) is 5.10 Å². The Morgan fingerprint density at radius 2 is 2.18 bits per heavy atom. The van der Waals surface area contributed by atoms with E-state index in [1.54, 1.807) is 29.7 Å². The fourth-order valence-electron chi connectivity index (χ4n) is 1.96. The van der Waals surface area contributed by atoms with Crippen molar-refractivity contribution in [1.29, 1.82) is 0 Å². The lowest BCUT2D eigenvalue weighted by atomic mass is 10.2. The molecule has 118 valence electrons. The van der Waals surface area contributed by atoms with Crippen molar-refractivity contribution >= 4 is 33.5 Å². The maximum absolute atomic E-state index is 9.89. The first-order valence-corrected chi connectivity index (χ1v) is 8.61. The third-order valence-electron chi connectivity index (χ3n) is 3.01. The highest BCUT2D eigenvalue weighted by Crippen LogP contribution is 2.35. The predicted molar refractivity (Wildman–Crippen MR) is 92.9 cm³/mol. The second-order valence-electron chi connectivity index (χ2n) is 4.53. The summed E-state index contributed by atoms with van der Waals surface area (Å²) in [4.78, 5) is 0.860. The third kappa shape index (κ3) is 3.78. The first-order valence-electron chi connectivity index (χ1n) is 6.94. The average molecular weight is 384 g/mol. The maximum Gasteiger partial charge on any atom is 0.210 e. The minimum absolute atomic E-state index is 0.0913. The zero-order valence-corrected chi connectivity index (χ0v) is 15.1. The standard InChI is InChI=1S/C15H18BrN3O2S/c1-4-19-10(3)9-22-15(19)18-17-8-11-6-12(16)14(20)13(7-11)21-5-2/h6-9,20H,4-5H2,1-3H3/b17-8+,18-15+. The van der Waals surface area contributed by atoms with Gasteiger partial charge in [0.25, 0.3) is 0 Å². The Morgan fingerprint density at radius 1 is 1.41 bits per heavy atom. The van der Waals surface area contributed by atoms with Gasteiger partial charge in [0.2, 0.25) is 4.80 Å². The lowest BCUT2D eigenvalue weighted by Crippen LogP contribution is -2.14. The smallest absolute Gasteiger partial charge is 0.210 e. The van der Waals surface area contributed by atoms with Crippen LogP contribution >= 0.6 is 27.3 Å². The van der Waals surface area contributed by atoms with E-state index in [2.05, 4.69) is 43.0 Å². The highest BCUT2D eigenvalue weighted by atomic mass is 79.9. The van der Waals surface area contributed by atoms with Crippen LogP contribution in [-0.4, -0.2) is 22.5 Å². The number of phenolic OH excluding ortho intramolecular Hbond substituents is 1. The number of phenols is 1. The van der Waals surface area contributed by atoms with Crippen molar-refractivity contribution in [2.24, 2.45) is 10.2 Å². The molecular weight excluding hydrogens is 366 g/mol. The average Bonchev–Trinajstić information content (AvgIpc) is 2.84. The molecule has 2 rings (SSSR count). The van der Waals surface area contributed by atoms with Crippen molar-refractivity contribution < 1.29 is 9.84 Å². The van der Waals surface area contributed by atoms with Crippen LogP contribution in [0.2, 0.25) is 0 Å². The minimum Gasteiger partial charge on any atom is -0.503 e. The van der Waals surface area contributed by atoms with Crippen molar-refractivity contribution in [2.75, 3.05) is 6.61 Å². The molecule has 1 heterocycles. The Balaban J connectivity index is 2.30. The summed E-state index contributed by atoms with van der Waals surface area (Å²) in [5.74, 6) is 0.516. The van der Waals surface area contributed by atoms with E-state index in [-0.39, 0.29) is 5.75 Å². The first-order chi connectivity index (χ1) is 10.6. The van der Waals surface area contributed by atoms with E-state index < -0.39 is 0 Å². The molecule has 1 N–H and O–H groups in total. The van der Waals surface area contributed by atoms with Crippen LogP contribution in [0.4, 0.5) is 0 Å². The minimum atomic E-state index is 0.0913. The number of aryl methyl sites for hydroxylation is 1. The SMILES string of the molecule is CCOc1cc(/C=N/N=c2/scc(C)n2CC)cc(Br)c1O. The molecule has 0 unspecified atom stereocenters. The van der Waals surface area contributed by atoms with Crippen LogP contribution in [0, 0.1) is 6.92 Å². The molecule has 0 atom stereocenters. The number of nitrogens with zero attached hydrogens (tertiary/aromatic N) is 3. The molecule has 22 heavy (non-hydrogen) atoms. The molecule has 0 saturated carbocycles. The zero-order valence-electron chi connectivity index (χ0n) is 12.7. The quantitative estimate of drug-likeness (QED) is 0.632. The molecule has 0 radical (unpaired) electrons. The number of aromatic hydroxyl groups is 1. The normalized spacial score (nSPS) is 12.3. The van der Waals surface area contributed by atoms with Gasteiger partial charge in [0.15, 0.2) is 11.5 Å². The highest BCUT2D eigenvalue weighted by Gasteiger charge is 2.08. The first kappa shape index (κ1) is 16.8. The lowest BCUT2D eigenvalue weighted by Gasteiger charge is -2.08. The number of ether oxygens (including phenoxy) is 1. The van der Waals surface area contributed by atoms with Crippen LogP contribution in [0.5, 0.6) is 11.5 Å². The topological polar surface area (TPSA) is 59.1 Å². The highest BCUT2D eigenvalue weighted by molar-refractivity contribution is 9.10. The second kappa shape index (κ2) is 7.60. The molecule has 1 aromatic heterocycles. The Morgan fingerprint density at radius 3 is 2.86 bits per heavy atom. The number of halogens is 1. The molecule has 5 nitrogen and oxygen atoms in total. The monoisotopic (exact) mass is 383 g/mol. The van der Waals surface area contributed by atoms with Crippen molar-refractivity contribution in [3.63, 3.8) is 0 Å². The fourth-order valence-corrected chi connectivity index (χ4v) is 3.31. The maximum atomic E-state index is 9.89. The van der Waals surface area contributed by atoms with Gasteiger partial charge in [-0.1, -0.05) is 0 Å². The van der Waals surface area contributed by atoms with Crippen molar-refractivity contribution in [2.45, 2.75) is 27.3 Å². The van der Waals surface area contributed by atoms with Gasteiger partial charge in [0, 0.05) is 17.6 Å².